The molecule has 0 bridgehead atoms. The van der Waals surface area contributed by atoms with Gasteiger partial charge in [0.2, 0.25) is 11.9 Å². The van der Waals surface area contributed by atoms with Crippen LogP contribution in [0.4, 0.5) is 5.95 Å². The maximum Gasteiger partial charge on any atom is 0.231 e. The minimum absolute atomic E-state index is 0.0989. The van der Waals surface area contributed by atoms with Crippen LogP contribution in [0, 0.1) is 5.92 Å². The van der Waals surface area contributed by atoms with Gasteiger partial charge in [-0.3, -0.25) is 10.1 Å². The minimum Gasteiger partial charge on any atom is -0.493 e. The first-order valence-corrected chi connectivity index (χ1v) is 9.64. The first-order valence-electron chi connectivity index (χ1n) is 9.64. The van der Waals surface area contributed by atoms with Gasteiger partial charge >= 0.3 is 0 Å². The van der Waals surface area contributed by atoms with E-state index in [1.807, 2.05) is 31.3 Å². The predicted molar refractivity (Wildman–Crippen MR) is 105 cm³/mol. The summed E-state index contributed by atoms with van der Waals surface area (Å²) in [4.78, 5) is 16.9. The average molecular weight is 371 g/mol. The molecule has 0 saturated carbocycles. The minimum atomic E-state index is -0.0989. The van der Waals surface area contributed by atoms with E-state index in [0.29, 0.717) is 30.8 Å². The van der Waals surface area contributed by atoms with Gasteiger partial charge in [-0.15, -0.1) is 0 Å². The Balaban J connectivity index is 1.55. The Morgan fingerprint density at radius 2 is 2.00 bits per heavy atom. The van der Waals surface area contributed by atoms with Crippen LogP contribution in [0.25, 0.3) is 0 Å². The fourth-order valence-corrected chi connectivity index (χ4v) is 3.09. The third-order valence-electron chi connectivity index (χ3n) is 4.61. The van der Waals surface area contributed by atoms with Crippen LogP contribution in [0.1, 0.15) is 44.0 Å². The van der Waals surface area contributed by atoms with E-state index in [1.165, 1.54) is 0 Å². The summed E-state index contributed by atoms with van der Waals surface area (Å²) in [6.07, 6.45) is 2.35. The maximum atomic E-state index is 12.4. The van der Waals surface area contributed by atoms with Crippen LogP contribution in [0.5, 0.6) is 5.75 Å². The molecule has 0 atom stereocenters. The highest BCUT2D eigenvalue weighted by Crippen LogP contribution is 2.23. The number of ether oxygens (including phenoxy) is 1. The van der Waals surface area contributed by atoms with Gasteiger partial charge in [-0.1, -0.05) is 26.0 Å². The van der Waals surface area contributed by atoms with Crippen molar-refractivity contribution in [3.05, 3.63) is 35.7 Å². The largest absolute Gasteiger partial charge is 0.493 e. The zero-order chi connectivity index (χ0) is 19.2. The Morgan fingerprint density at radius 3 is 2.67 bits per heavy atom. The summed E-state index contributed by atoms with van der Waals surface area (Å²) in [6, 6.07) is 7.66. The van der Waals surface area contributed by atoms with Gasteiger partial charge in [-0.2, -0.15) is 10.1 Å². The van der Waals surface area contributed by atoms with E-state index >= 15 is 0 Å². The molecule has 1 amide bonds. The monoisotopic (exact) mass is 371 g/mol. The third kappa shape index (κ3) is 5.53. The van der Waals surface area contributed by atoms with Crippen LogP contribution >= 0.6 is 0 Å². The molecule has 7 nitrogen and oxygen atoms in total. The average Bonchev–Trinajstić information content (AvgIpc) is 3.02. The van der Waals surface area contributed by atoms with Crippen LogP contribution in [-0.2, 0) is 18.3 Å². The first-order chi connectivity index (χ1) is 13.0. The summed E-state index contributed by atoms with van der Waals surface area (Å²) in [7, 11) is 1.81. The number of piperidine rings is 1. The number of nitrogens with zero attached hydrogens (tertiary/aromatic N) is 3. The number of hydrogen-bond donors (Lipinski definition) is 2. The smallest absolute Gasteiger partial charge is 0.231 e. The van der Waals surface area contributed by atoms with Crippen LogP contribution in [-0.4, -0.2) is 40.4 Å². The van der Waals surface area contributed by atoms with Gasteiger partial charge in [0.1, 0.15) is 5.75 Å². The van der Waals surface area contributed by atoms with Crippen molar-refractivity contribution in [2.24, 2.45) is 13.0 Å². The number of anilines is 1. The highest BCUT2D eigenvalue weighted by molar-refractivity contribution is 5.90. The van der Waals surface area contributed by atoms with Gasteiger partial charge in [0.25, 0.3) is 0 Å². The lowest BCUT2D eigenvalue weighted by atomic mass is 9.98. The molecule has 1 aromatic carbocycles. The number of aryl methyl sites for hydroxylation is 1. The molecule has 0 spiro atoms. The van der Waals surface area contributed by atoms with Crippen molar-refractivity contribution in [1.82, 2.24) is 20.1 Å². The van der Waals surface area contributed by atoms with Crippen molar-refractivity contribution >= 4 is 11.9 Å². The van der Waals surface area contributed by atoms with Gasteiger partial charge in [0.15, 0.2) is 5.82 Å². The van der Waals surface area contributed by atoms with Gasteiger partial charge in [-0.25, -0.2) is 4.68 Å². The first kappa shape index (κ1) is 19.4. The normalized spacial score (nSPS) is 15.1. The number of rotatable bonds is 7. The molecule has 146 valence electrons. The number of carbonyl (C=O) groups is 1. The second kappa shape index (κ2) is 8.99. The van der Waals surface area contributed by atoms with E-state index in [-0.39, 0.29) is 5.91 Å². The molecular formula is C20H29N5O2. The molecular weight excluding hydrogens is 342 g/mol. The van der Waals surface area contributed by atoms with Crippen LogP contribution in [0.2, 0.25) is 0 Å². The molecule has 1 aliphatic heterocycles. The number of benzene rings is 1. The number of amides is 1. The van der Waals surface area contributed by atoms with Crippen molar-refractivity contribution in [2.75, 3.05) is 25.0 Å². The van der Waals surface area contributed by atoms with E-state index in [1.54, 1.807) is 4.68 Å². The van der Waals surface area contributed by atoms with Crippen molar-refractivity contribution in [3.8, 4) is 5.75 Å². The molecule has 2 heterocycles. The van der Waals surface area contributed by atoms with Crippen molar-refractivity contribution < 1.29 is 9.53 Å². The molecule has 27 heavy (non-hydrogen) atoms. The number of carbonyl (C=O) groups excluding carboxylic acids is 1. The molecule has 0 aliphatic carbocycles. The highest BCUT2D eigenvalue weighted by Gasteiger charge is 2.21. The van der Waals surface area contributed by atoms with Gasteiger partial charge < -0.3 is 10.1 Å². The molecule has 1 saturated heterocycles. The van der Waals surface area contributed by atoms with Crippen LogP contribution in [0.15, 0.2) is 24.3 Å². The lowest BCUT2D eigenvalue weighted by molar-refractivity contribution is -0.115. The van der Waals surface area contributed by atoms with Crippen molar-refractivity contribution in [2.45, 2.75) is 39.0 Å². The Morgan fingerprint density at radius 1 is 1.30 bits per heavy atom. The number of nitrogens with one attached hydrogen (secondary N) is 2. The molecule has 1 fully saturated rings. The summed E-state index contributed by atoms with van der Waals surface area (Å²) in [5.74, 6) is 2.90. The molecule has 1 aliphatic rings. The van der Waals surface area contributed by atoms with E-state index in [9.17, 15) is 4.79 Å². The third-order valence-corrected chi connectivity index (χ3v) is 4.61. The van der Waals surface area contributed by atoms with E-state index in [0.717, 1.165) is 43.1 Å². The van der Waals surface area contributed by atoms with Crippen LogP contribution < -0.4 is 15.4 Å². The molecule has 3 rings (SSSR count). The lowest BCUT2D eigenvalue weighted by Crippen LogP contribution is -2.27. The summed E-state index contributed by atoms with van der Waals surface area (Å²) < 4.78 is 7.32. The van der Waals surface area contributed by atoms with Gasteiger partial charge in [-0.05, 0) is 49.5 Å². The maximum absolute atomic E-state index is 12.4. The van der Waals surface area contributed by atoms with Gasteiger partial charge in [0, 0.05) is 13.0 Å². The second-order valence-electron chi connectivity index (χ2n) is 7.52. The van der Waals surface area contributed by atoms with E-state index in [2.05, 4.69) is 34.6 Å². The molecule has 0 unspecified atom stereocenters. The highest BCUT2D eigenvalue weighted by atomic mass is 16.5. The van der Waals surface area contributed by atoms with Crippen molar-refractivity contribution in [1.29, 1.82) is 0 Å². The fourth-order valence-electron chi connectivity index (χ4n) is 3.09. The molecule has 2 aromatic rings. The predicted octanol–water partition coefficient (Wildman–Crippen LogP) is 2.50. The quantitative estimate of drug-likeness (QED) is 0.782. The lowest BCUT2D eigenvalue weighted by Gasteiger charge is -2.19. The Labute approximate surface area is 160 Å². The molecule has 2 N–H and O–H groups in total. The summed E-state index contributed by atoms with van der Waals surface area (Å²) >= 11 is 0. The van der Waals surface area contributed by atoms with Crippen LogP contribution in [0.3, 0.4) is 0 Å². The molecule has 7 heteroatoms. The van der Waals surface area contributed by atoms with E-state index in [4.69, 9.17) is 4.74 Å². The second-order valence-corrected chi connectivity index (χ2v) is 7.52. The Bertz CT molecular complexity index is 748. The topological polar surface area (TPSA) is 81.1 Å². The standard InChI is InChI=1S/C20H29N5O2/c1-14(2)13-27-17-6-4-15(5-7-17)12-18(26)22-20-23-19(24-25(20)3)16-8-10-21-11-9-16/h4-7,14,16,21H,8-13H2,1-3H3,(H,22,23,24,26). The zero-order valence-electron chi connectivity index (χ0n) is 16.4. The molecule has 0 radical (unpaired) electrons. The number of hydrogen-bond acceptors (Lipinski definition) is 5. The Hall–Kier alpha value is -2.41. The fraction of sp³-hybridized carbons (Fsp3) is 0.550. The summed E-state index contributed by atoms with van der Waals surface area (Å²) in [6.45, 7) is 6.89. The van der Waals surface area contributed by atoms with Gasteiger partial charge in [0.05, 0.1) is 13.0 Å². The van der Waals surface area contributed by atoms with Crippen molar-refractivity contribution in [3.63, 3.8) is 0 Å². The summed E-state index contributed by atoms with van der Waals surface area (Å²) in [5.41, 5.74) is 0.935. The van der Waals surface area contributed by atoms with E-state index < -0.39 is 0 Å². The number of aromatic nitrogens is 3. The SMILES string of the molecule is CC(C)COc1ccc(CC(=O)Nc2nc(C3CCNCC3)nn2C)cc1. The molecule has 1 aromatic heterocycles. The summed E-state index contributed by atoms with van der Waals surface area (Å²) in [5, 5.41) is 10.7. The zero-order valence-corrected chi connectivity index (χ0v) is 16.4. The Kier molecular flexibility index (Phi) is 6.45.